The van der Waals surface area contributed by atoms with E-state index in [0.29, 0.717) is 11.3 Å². The van der Waals surface area contributed by atoms with Crippen LogP contribution < -0.4 is 0 Å². The largest absolute Gasteiger partial charge is 0.393 e. The molecule has 2 saturated carbocycles. The van der Waals surface area contributed by atoms with E-state index in [0.717, 1.165) is 12.8 Å². The van der Waals surface area contributed by atoms with E-state index in [1.54, 1.807) is 0 Å². The van der Waals surface area contributed by atoms with E-state index in [2.05, 4.69) is 5.92 Å². The van der Waals surface area contributed by atoms with Gasteiger partial charge in [0.05, 0.1) is 6.10 Å². The number of rotatable bonds is 0. The van der Waals surface area contributed by atoms with E-state index >= 15 is 0 Å². The zero-order chi connectivity index (χ0) is 7.19. The molecule has 1 spiro atoms. The molecule has 0 aliphatic heterocycles. The van der Waals surface area contributed by atoms with E-state index in [4.69, 9.17) is 11.5 Å². The van der Waals surface area contributed by atoms with Crippen molar-refractivity contribution in [1.29, 1.82) is 0 Å². The molecule has 0 radical (unpaired) electrons. The normalized spacial score (nSPS) is 51.2. The molecular formula is C9H12O. The van der Waals surface area contributed by atoms with Gasteiger partial charge in [0.1, 0.15) is 0 Å². The molecule has 1 nitrogen and oxygen atoms in total. The summed E-state index contributed by atoms with van der Waals surface area (Å²) < 4.78 is 0. The third kappa shape index (κ3) is 0.690. The molecule has 10 heavy (non-hydrogen) atoms. The Balaban J connectivity index is 1.86. The summed E-state index contributed by atoms with van der Waals surface area (Å²) in [6.45, 7) is 0. The van der Waals surface area contributed by atoms with Gasteiger partial charge in [-0.25, -0.2) is 0 Å². The van der Waals surface area contributed by atoms with Crippen LogP contribution in [-0.4, -0.2) is 11.2 Å². The summed E-state index contributed by atoms with van der Waals surface area (Å²) in [5.74, 6) is 3.28. The lowest BCUT2D eigenvalue weighted by Crippen LogP contribution is -2.49. The van der Waals surface area contributed by atoms with Crippen molar-refractivity contribution < 1.29 is 5.11 Å². The molecule has 2 fully saturated rings. The summed E-state index contributed by atoms with van der Waals surface area (Å²) in [4.78, 5) is 0. The SMILES string of the molecule is C#CC1CC2(CC(O)C2)C1. The van der Waals surface area contributed by atoms with Gasteiger partial charge in [0.2, 0.25) is 0 Å². The van der Waals surface area contributed by atoms with Crippen LogP contribution in [0.5, 0.6) is 0 Å². The van der Waals surface area contributed by atoms with Crippen molar-refractivity contribution in [2.75, 3.05) is 0 Å². The molecule has 0 heterocycles. The maximum absolute atomic E-state index is 9.06. The lowest BCUT2D eigenvalue weighted by molar-refractivity contribution is -0.0977. The first-order chi connectivity index (χ1) is 4.74. The van der Waals surface area contributed by atoms with Gasteiger partial charge in [-0.05, 0) is 31.1 Å². The lowest BCUT2D eigenvalue weighted by atomic mass is 9.51. The Morgan fingerprint density at radius 2 is 1.90 bits per heavy atom. The molecule has 0 amide bonds. The molecule has 1 heteroatoms. The Kier molecular flexibility index (Phi) is 1.10. The van der Waals surface area contributed by atoms with E-state index in [9.17, 15) is 0 Å². The molecule has 1 N–H and O–H groups in total. The average Bonchev–Trinajstić information content (AvgIpc) is 1.74. The average molecular weight is 136 g/mol. The molecule has 2 aliphatic rings. The van der Waals surface area contributed by atoms with Crippen molar-refractivity contribution in [2.24, 2.45) is 11.3 Å². The van der Waals surface area contributed by atoms with Crippen molar-refractivity contribution in [3.8, 4) is 12.3 Å². The van der Waals surface area contributed by atoms with Crippen LogP contribution in [0.25, 0.3) is 0 Å². The van der Waals surface area contributed by atoms with Crippen LogP contribution in [0.15, 0.2) is 0 Å². The molecule has 0 aromatic heterocycles. The van der Waals surface area contributed by atoms with Gasteiger partial charge >= 0.3 is 0 Å². The standard InChI is InChI=1S/C9H12O/c1-2-7-3-9(4-7)5-8(10)6-9/h1,7-8,10H,3-6H2. The van der Waals surface area contributed by atoms with E-state index in [1.807, 2.05) is 0 Å². The number of aliphatic hydroxyl groups excluding tert-OH is 1. The first-order valence-electron chi connectivity index (χ1n) is 3.88. The van der Waals surface area contributed by atoms with Crippen molar-refractivity contribution in [3.63, 3.8) is 0 Å². The topological polar surface area (TPSA) is 20.2 Å². The molecular weight excluding hydrogens is 124 g/mol. The van der Waals surface area contributed by atoms with Gasteiger partial charge in [-0.3, -0.25) is 0 Å². The van der Waals surface area contributed by atoms with Crippen LogP contribution in [0.2, 0.25) is 0 Å². The highest BCUT2D eigenvalue weighted by Crippen LogP contribution is 2.58. The van der Waals surface area contributed by atoms with Gasteiger partial charge in [-0.15, -0.1) is 12.3 Å². The number of hydrogen-bond acceptors (Lipinski definition) is 1. The first-order valence-corrected chi connectivity index (χ1v) is 3.88. The van der Waals surface area contributed by atoms with E-state index in [1.165, 1.54) is 12.8 Å². The second kappa shape index (κ2) is 1.77. The van der Waals surface area contributed by atoms with Crippen molar-refractivity contribution >= 4 is 0 Å². The monoisotopic (exact) mass is 136 g/mol. The van der Waals surface area contributed by atoms with E-state index in [-0.39, 0.29) is 6.10 Å². The third-order valence-electron chi connectivity index (χ3n) is 2.93. The molecule has 2 aliphatic carbocycles. The molecule has 0 atom stereocenters. The number of terminal acetylenes is 1. The van der Waals surface area contributed by atoms with Crippen molar-refractivity contribution in [2.45, 2.75) is 31.8 Å². The fourth-order valence-electron chi connectivity index (χ4n) is 2.38. The smallest absolute Gasteiger partial charge is 0.0550 e. The van der Waals surface area contributed by atoms with Crippen LogP contribution in [0, 0.1) is 23.7 Å². The molecule has 0 saturated heterocycles. The quantitative estimate of drug-likeness (QED) is 0.496. The Bertz CT molecular complexity index is 175. The van der Waals surface area contributed by atoms with Gasteiger partial charge in [0.25, 0.3) is 0 Å². The van der Waals surface area contributed by atoms with Crippen LogP contribution in [0.3, 0.4) is 0 Å². The summed E-state index contributed by atoms with van der Waals surface area (Å²) in [6.07, 6.45) is 9.59. The summed E-state index contributed by atoms with van der Waals surface area (Å²) in [6, 6.07) is 0. The van der Waals surface area contributed by atoms with Gasteiger partial charge < -0.3 is 5.11 Å². The molecule has 0 bridgehead atoms. The molecule has 0 aromatic rings. The highest BCUT2D eigenvalue weighted by molar-refractivity contribution is 5.11. The molecule has 0 unspecified atom stereocenters. The highest BCUT2D eigenvalue weighted by atomic mass is 16.3. The molecule has 2 rings (SSSR count). The summed E-state index contributed by atoms with van der Waals surface area (Å²) in [5.41, 5.74) is 0.496. The second-order valence-corrected chi connectivity index (χ2v) is 3.83. The lowest BCUT2D eigenvalue weighted by Gasteiger charge is -2.55. The number of aliphatic hydroxyl groups is 1. The van der Waals surface area contributed by atoms with Crippen molar-refractivity contribution in [3.05, 3.63) is 0 Å². The third-order valence-corrected chi connectivity index (χ3v) is 2.93. The summed E-state index contributed by atoms with van der Waals surface area (Å²) in [5, 5.41) is 9.06. The summed E-state index contributed by atoms with van der Waals surface area (Å²) >= 11 is 0. The van der Waals surface area contributed by atoms with Gasteiger partial charge in [-0.1, -0.05) is 0 Å². The number of hydrogen-bond donors (Lipinski definition) is 1. The Morgan fingerprint density at radius 3 is 2.30 bits per heavy atom. The second-order valence-electron chi connectivity index (χ2n) is 3.83. The Morgan fingerprint density at radius 1 is 1.30 bits per heavy atom. The Hall–Kier alpha value is -0.480. The van der Waals surface area contributed by atoms with Crippen LogP contribution >= 0.6 is 0 Å². The fourth-order valence-corrected chi connectivity index (χ4v) is 2.38. The van der Waals surface area contributed by atoms with Crippen LogP contribution in [0.4, 0.5) is 0 Å². The maximum Gasteiger partial charge on any atom is 0.0550 e. The van der Waals surface area contributed by atoms with Gasteiger partial charge in [0.15, 0.2) is 0 Å². The zero-order valence-electron chi connectivity index (χ0n) is 6.01. The Labute approximate surface area is 61.4 Å². The van der Waals surface area contributed by atoms with Crippen LogP contribution in [0.1, 0.15) is 25.7 Å². The molecule has 0 aromatic carbocycles. The predicted octanol–water partition coefficient (Wildman–Crippen LogP) is 1.17. The van der Waals surface area contributed by atoms with Crippen molar-refractivity contribution in [1.82, 2.24) is 0 Å². The van der Waals surface area contributed by atoms with Gasteiger partial charge in [-0.2, -0.15) is 0 Å². The molecule has 54 valence electrons. The zero-order valence-corrected chi connectivity index (χ0v) is 6.01. The first kappa shape index (κ1) is 6.24. The minimum Gasteiger partial charge on any atom is -0.393 e. The summed E-state index contributed by atoms with van der Waals surface area (Å²) in [7, 11) is 0. The van der Waals surface area contributed by atoms with E-state index < -0.39 is 0 Å². The minimum atomic E-state index is -0.0151. The minimum absolute atomic E-state index is 0.0151. The van der Waals surface area contributed by atoms with Gasteiger partial charge in [0, 0.05) is 5.92 Å². The van der Waals surface area contributed by atoms with Crippen LogP contribution in [-0.2, 0) is 0 Å². The predicted molar refractivity (Wildman–Crippen MR) is 39.2 cm³/mol. The highest BCUT2D eigenvalue weighted by Gasteiger charge is 2.51. The fraction of sp³-hybridized carbons (Fsp3) is 0.778. The maximum atomic E-state index is 9.06.